The van der Waals surface area contributed by atoms with E-state index >= 15 is 0 Å². The number of urea groups is 1. The van der Waals surface area contributed by atoms with Gasteiger partial charge in [-0.15, -0.1) is 0 Å². The number of rotatable bonds is 4. The predicted octanol–water partition coefficient (Wildman–Crippen LogP) is 2.26. The van der Waals surface area contributed by atoms with Gasteiger partial charge in [0.2, 0.25) is 5.95 Å². The van der Waals surface area contributed by atoms with Crippen molar-refractivity contribution in [2.45, 2.75) is 45.1 Å². The maximum absolute atomic E-state index is 11.7. The normalized spacial score (nSPS) is 22.4. The van der Waals surface area contributed by atoms with Crippen LogP contribution in [-0.2, 0) is 17.8 Å². The van der Waals surface area contributed by atoms with Crippen LogP contribution < -0.4 is 20.9 Å². The van der Waals surface area contributed by atoms with E-state index in [9.17, 15) is 4.79 Å². The molecule has 2 aromatic rings. The monoisotopic (exact) mass is 394 g/mol. The number of ether oxygens (including phenoxy) is 1. The van der Waals surface area contributed by atoms with Crippen LogP contribution in [0.3, 0.4) is 0 Å². The second-order valence-corrected chi connectivity index (χ2v) is 7.83. The van der Waals surface area contributed by atoms with Gasteiger partial charge in [0.05, 0.1) is 23.6 Å². The Balaban J connectivity index is 1.43. The number of carbonyl (C=O) groups is 1. The average Bonchev–Trinajstić information content (AvgIpc) is 3.33. The summed E-state index contributed by atoms with van der Waals surface area (Å²) in [6, 6.07) is 7.65. The number of benzene rings is 1. The summed E-state index contributed by atoms with van der Waals surface area (Å²) in [6.45, 7) is 5.75. The molecular formula is C21H26N6O2. The van der Waals surface area contributed by atoms with E-state index in [0.29, 0.717) is 18.8 Å². The SMILES string of the molecule is CCNC(=O)Nc1ccc(-c2nc(N3CC4CCC(C3)O4)nc3c2CNC3)cc1. The zero-order valence-corrected chi connectivity index (χ0v) is 16.6. The Labute approximate surface area is 170 Å². The molecule has 152 valence electrons. The molecule has 2 bridgehead atoms. The van der Waals surface area contributed by atoms with E-state index in [1.54, 1.807) is 0 Å². The number of amides is 2. The number of morpholine rings is 1. The van der Waals surface area contributed by atoms with Crippen molar-refractivity contribution in [1.82, 2.24) is 20.6 Å². The lowest BCUT2D eigenvalue weighted by Crippen LogP contribution is -2.43. The molecule has 0 spiro atoms. The smallest absolute Gasteiger partial charge is 0.319 e. The number of nitrogens with one attached hydrogen (secondary N) is 3. The van der Waals surface area contributed by atoms with Crippen LogP contribution in [0.25, 0.3) is 11.3 Å². The molecule has 0 aliphatic carbocycles. The average molecular weight is 394 g/mol. The molecule has 4 heterocycles. The van der Waals surface area contributed by atoms with Crippen LogP contribution in [0, 0.1) is 0 Å². The molecule has 3 aliphatic heterocycles. The van der Waals surface area contributed by atoms with Gasteiger partial charge >= 0.3 is 6.03 Å². The highest BCUT2D eigenvalue weighted by molar-refractivity contribution is 5.89. The van der Waals surface area contributed by atoms with Crippen molar-refractivity contribution in [3.8, 4) is 11.3 Å². The Hall–Kier alpha value is -2.71. The summed E-state index contributed by atoms with van der Waals surface area (Å²) in [6.07, 6.45) is 2.85. The van der Waals surface area contributed by atoms with Crippen LogP contribution in [0.1, 0.15) is 31.0 Å². The largest absolute Gasteiger partial charge is 0.371 e. The molecule has 1 aromatic heterocycles. The first-order chi connectivity index (χ1) is 14.2. The fourth-order valence-electron chi connectivity index (χ4n) is 4.36. The summed E-state index contributed by atoms with van der Waals surface area (Å²) in [5.41, 5.74) is 5.00. The van der Waals surface area contributed by atoms with Gasteiger partial charge in [-0.1, -0.05) is 12.1 Å². The van der Waals surface area contributed by atoms with Gasteiger partial charge in [0, 0.05) is 49.5 Å². The minimum absolute atomic E-state index is 0.198. The molecular weight excluding hydrogens is 368 g/mol. The fourth-order valence-corrected chi connectivity index (χ4v) is 4.36. The van der Waals surface area contributed by atoms with Gasteiger partial charge in [-0.05, 0) is 31.9 Å². The zero-order valence-electron chi connectivity index (χ0n) is 16.6. The summed E-state index contributed by atoms with van der Waals surface area (Å²) in [5, 5.41) is 8.97. The van der Waals surface area contributed by atoms with E-state index in [1.807, 2.05) is 31.2 Å². The number of hydrogen-bond acceptors (Lipinski definition) is 6. The fraction of sp³-hybridized carbons (Fsp3) is 0.476. The molecule has 3 aliphatic rings. The molecule has 5 rings (SSSR count). The minimum atomic E-state index is -0.198. The Kier molecular flexibility index (Phi) is 4.81. The number of nitrogens with zero attached hydrogens (tertiary/aromatic N) is 3. The Morgan fingerprint density at radius 1 is 1.17 bits per heavy atom. The van der Waals surface area contributed by atoms with Crippen molar-refractivity contribution in [3.05, 3.63) is 35.5 Å². The lowest BCUT2D eigenvalue weighted by molar-refractivity contribution is 0.0299. The van der Waals surface area contributed by atoms with Crippen molar-refractivity contribution in [2.24, 2.45) is 0 Å². The number of anilines is 2. The first-order valence-corrected chi connectivity index (χ1v) is 10.4. The lowest BCUT2D eigenvalue weighted by Gasteiger charge is -2.32. The second-order valence-electron chi connectivity index (χ2n) is 7.83. The highest BCUT2D eigenvalue weighted by atomic mass is 16.5. The predicted molar refractivity (Wildman–Crippen MR) is 111 cm³/mol. The van der Waals surface area contributed by atoms with Crippen LogP contribution in [0.4, 0.5) is 16.4 Å². The Bertz CT molecular complexity index is 904. The Morgan fingerprint density at radius 3 is 2.66 bits per heavy atom. The molecule has 2 saturated heterocycles. The Morgan fingerprint density at radius 2 is 1.93 bits per heavy atom. The van der Waals surface area contributed by atoms with Crippen LogP contribution in [0.5, 0.6) is 0 Å². The quantitative estimate of drug-likeness (QED) is 0.737. The van der Waals surface area contributed by atoms with Gasteiger partial charge in [-0.2, -0.15) is 0 Å². The highest BCUT2D eigenvalue weighted by Crippen LogP contribution is 2.32. The number of carbonyl (C=O) groups excluding carboxylic acids is 1. The van der Waals surface area contributed by atoms with E-state index < -0.39 is 0 Å². The van der Waals surface area contributed by atoms with Gasteiger partial charge in [0.1, 0.15) is 0 Å². The van der Waals surface area contributed by atoms with E-state index in [1.165, 1.54) is 0 Å². The first kappa shape index (κ1) is 18.3. The van der Waals surface area contributed by atoms with Crippen molar-refractivity contribution in [1.29, 1.82) is 0 Å². The highest BCUT2D eigenvalue weighted by Gasteiger charge is 2.35. The molecule has 3 N–H and O–H groups in total. The molecule has 29 heavy (non-hydrogen) atoms. The molecule has 1 aromatic carbocycles. The molecule has 8 nitrogen and oxygen atoms in total. The summed E-state index contributed by atoms with van der Waals surface area (Å²) < 4.78 is 5.97. The van der Waals surface area contributed by atoms with Gasteiger partial charge in [-0.3, -0.25) is 0 Å². The molecule has 8 heteroatoms. The van der Waals surface area contributed by atoms with E-state index in [4.69, 9.17) is 14.7 Å². The standard InChI is InChI=1S/C21H26N6O2/c1-2-23-21(28)24-14-5-3-13(4-6-14)19-17-9-22-10-18(17)25-20(26-19)27-11-15-7-8-16(12-27)29-15/h3-6,15-16,22H,2,7-12H2,1H3,(H2,23,24,28). The third-order valence-corrected chi connectivity index (χ3v) is 5.76. The van der Waals surface area contributed by atoms with Crippen LogP contribution >= 0.6 is 0 Å². The van der Waals surface area contributed by atoms with Gasteiger partial charge in [0.15, 0.2) is 0 Å². The molecule has 2 atom stereocenters. The van der Waals surface area contributed by atoms with Crippen LogP contribution in [0.2, 0.25) is 0 Å². The molecule has 2 unspecified atom stereocenters. The van der Waals surface area contributed by atoms with Crippen molar-refractivity contribution < 1.29 is 9.53 Å². The maximum atomic E-state index is 11.7. The van der Waals surface area contributed by atoms with Crippen LogP contribution in [0.15, 0.2) is 24.3 Å². The zero-order chi connectivity index (χ0) is 19.8. The molecule has 2 amide bonds. The lowest BCUT2D eigenvalue weighted by atomic mass is 10.1. The van der Waals surface area contributed by atoms with Gasteiger partial charge in [0.25, 0.3) is 0 Å². The topological polar surface area (TPSA) is 91.4 Å². The van der Waals surface area contributed by atoms with Crippen LogP contribution in [-0.4, -0.2) is 47.8 Å². The third-order valence-electron chi connectivity index (χ3n) is 5.76. The molecule has 2 fully saturated rings. The molecule has 0 saturated carbocycles. The third kappa shape index (κ3) is 3.65. The summed E-state index contributed by atoms with van der Waals surface area (Å²) in [7, 11) is 0. The van der Waals surface area contributed by atoms with Crippen molar-refractivity contribution in [2.75, 3.05) is 29.9 Å². The van der Waals surface area contributed by atoms with E-state index in [2.05, 4.69) is 20.9 Å². The second kappa shape index (κ2) is 7.61. The van der Waals surface area contributed by atoms with Gasteiger partial charge < -0.3 is 25.6 Å². The van der Waals surface area contributed by atoms with Gasteiger partial charge in [-0.25, -0.2) is 14.8 Å². The number of aromatic nitrogens is 2. The summed E-state index contributed by atoms with van der Waals surface area (Å²) >= 11 is 0. The summed E-state index contributed by atoms with van der Waals surface area (Å²) in [4.78, 5) is 23.9. The minimum Gasteiger partial charge on any atom is -0.371 e. The maximum Gasteiger partial charge on any atom is 0.319 e. The number of fused-ring (bicyclic) bond motifs is 3. The van der Waals surface area contributed by atoms with Crippen molar-refractivity contribution in [3.63, 3.8) is 0 Å². The van der Waals surface area contributed by atoms with E-state index in [-0.39, 0.29) is 6.03 Å². The molecule has 0 radical (unpaired) electrons. The van der Waals surface area contributed by atoms with Crippen molar-refractivity contribution >= 4 is 17.7 Å². The first-order valence-electron chi connectivity index (χ1n) is 10.4. The number of hydrogen-bond donors (Lipinski definition) is 3. The summed E-state index contributed by atoms with van der Waals surface area (Å²) in [5.74, 6) is 0.798. The van der Waals surface area contributed by atoms with E-state index in [0.717, 1.165) is 73.2 Å².